The lowest BCUT2D eigenvalue weighted by Gasteiger charge is -2.03. The second kappa shape index (κ2) is 5.49. The molecule has 3 rings (SSSR count). The number of rotatable bonds is 3. The molecule has 0 aliphatic carbocycles. The van der Waals surface area contributed by atoms with Crippen molar-refractivity contribution < 1.29 is 9.53 Å². The molecule has 0 aliphatic heterocycles. The summed E-state index contributed by atoms with van der Waals surface area (Å²) in [5.74, 6) is 0.175. The summed E-state index contributed by atoms with van der Waals surface area (Å²) in [6.07, 6.45) is 1.56. The lowest BCUT2D eigenvalue weighted by Crippen LogP contribution is -2.02. The molecule has 2 aromatic heterocycles. The number of aromatic nitrogens is 2. The SMILES string of the molecule is COC(=O)c1ccnc(Nc2nc3ccc(C)cc3s2)c1. The smallest absolute Gasteiger partial charge is 0.338 e. The van der Waals surface area contributed by atoms with E-state index < -0.39 is 0 Å². The van der Waals surface area contributed by atoms with Gasteiger partial charge in [-0.2, -0.15) is 0 Å². The first-order chi connectivity index (χ1) is 10.2. The maximum absolute atomic E-state index is 11.5. The van der Waals surface area contributed by atoms with Gasteiger partial charge in [0.05, 0.1) is 22.9 Å². The Morgan fingerprint density at radius 3 is 2.95 bits per heavy atom. The summed E-state index contributed by atoms with van der Waals surface area (Å²) in [7, 11) is 1.35. The minimum atomic E-state index is -0.389. The van der Waals surface area contributed by atoms with Crippen LogP contribution in [0.25, 0.3) is 10.2 Å². The number of aryl methyl sites for hydroxylation is 1. The van der Waals surface area contributed by atoms with Crippen LogP contribution in [0, 0.1) is 6.92 Å². The Bertz CT molecular complexity index is 814. The minimum Gasteiger partial charge on any atom is -0.465 e. The predicted molar refractivity (Wildman–Crippen MR) is 83.2 cm³/mol. The third-order valence-corrected chi connectivity index (χ3v) is 3.89. The van der Waals surface area contributed by atoms with Gasteiger partial charge in [-0.3, -0.25) is 0 Å². The molecule has 106 valence electrons. The Balaban J connectivity index is 1.89. The second-order valence-electron chi connectivity index (χ2n) is 4.54. The number of benzene rings is 1. The number of esters is 1. The fourth-order valence-electron chi connectivity index (χ4n) is 1.94. The Morgan fingerprint density at radius 2 is 2.14 bits per heavy atom. The van der Waals surface area contributed by atoms with Crippen molar-refractivity contribution in [3.05, 3.63) is 47.7 Å². The summed E-state index contributed by atoms with van der Waals surface area (Å²) >= 11 is 1.55. The molecule has 0 aliphatic rings. The first-order valence-electron chi connectivity index (χ1n) is 6.34. The number of thiazole rings is 1. The molecule has 0 amide bonds. The molecule has 0 spiro atoms. The molecule has 1 aromatic carbocycles. The topological polar surface area (TPSA) is 64.1 Å². The zero-order valence-electron chi connectivity index (χ0n) is 11.6. The number of hydrogen-bond acceptors (Lipinski definition) is 6. The lowest BCUT2D eigenvalue weighted by atomic mass is 10.2. The fourth-order valence-corrected chi connectivity index (χ4v) is 2.91. The van der Waals surface area contributed by atoms with Crippen LogP contribution in [0.1, 0.15) is 15.9 Å². The highest BCUT2D eigenvalue weighted by molar-refractivity contribution is 7.22. The Kier molecular flexibility index (Phi) is 3.53. The average Bonchev–Trinajstić information content (AvgIpc) is 2.88. The van der Waals surface area contributed by atoms with Crippen molar-refractivity contribution in [2.75, 3.05) is 12.4 Å². The summed E-state index contributed by atoms with van der Waals surface area (Å²) in [6.45, 7) is 2.05. The molecule has 5 nitrogen and oxygen atoms in total. The standard InChI is InChI=1S/C15H13N3O2S/c1-9-3-4-11-12(7-9)21-15(17-11)18-13-8-10(5-6-16-13)14(19)20-2/h3-8H,1-2H3,(H,16,17,18). The summed E-state index contributed by atoms with van der Waals surface area (Å²) in [4.78, 5) is 20.2. The maximum Gasteiger partial charge on any atom is 0.338 e. The van der Waals surface area contributed by atoms with Gasteiger partial charge >= 0.3 is 5.97 Å². The van der Waals surface area contributed by atoms with Crippen molar-refractivity contribution >= 4 is 38.5 Å². The van der Waals surface area contributed by atoms with E-state index in [4.69, 9.17) is 4.74 Å². The molecule has 0 fully saturated rings. The molecular formula is C15H13N3O2S. The molecule has 0 saturated heterocycles. The van der Waals surface area contributed by atoms with E-state index in [0.29, 0.717) is 11.4 Å². The van der Waals surface area contributed by atoms with Gasteiger partial charge in [0.25, 0.3) is 0 Å². The third kappa shape index (κ3) is 2.85. The number of methoxy groups -OCH3 is 1. The van der Waals surface area contributed by atoms with E-state index in [1.54, 1.807) is 29.7 Å². The van der Waals surface area contributed by atoms with Crippen LogP contribution in [0.2, 0.25) is 0 Å². The van der Waals surface area contributed by atoms with Crippen molar-refractivity contribution in [2.24, 2.45) is 0 Å². The van der Waals surface area contributed by atoms with Crippen molar-refractivity contribution in [2.45, 2.75) is 6.92 Å². The Morgan fingerprint density at radius 1 is 1.29 bits per heavy atom. The quantitative estimate of drug-likeness (QED) is 0.749. The number of nitrogens with one attached hydrogen (secondary N) is 1. The van der Waals surface area contributed by atoms with E-state index in [0.717, 1.165) is 15.3 Å². The lowest BCUT2D eigenvalue weighted by molar-refractivity contribution is 0.0600. The molecule has 0 atom stereocenters. The summed E-state index contributed by atoms with van der Waals surface area (Å²) in [6, 6.07) is 9.37. The van der Waals surface area contributed by atoms with Crippen LogP contribution in [0.15, 0.2) is 36.5 Å². The maximum atomic E-state index is 11.5. The molecule has 0 unspecified atom stereocenters. The predicted octanol–water partition coefficient (Wildman–Crippen LogP) is 3.53. The van der Waals surface area contributed by atoms with Gasteiger partial charge in [-0.15, -0.1) is 0 Å². The van der Waals surface area contributed by atoms with Crippen molar-refractivity contribution in [1.29, 1.82) is 0 Å². The van der Waals surface area contributed by atoms with Crippen LogP contribution in [0.4, 0.5) is 10.9 Å². The number of fused-ring (bicyclic) bond motifs is 1. The van der Waals surface area contributed by atoms with Gasteiger partial charge in [0.15, 0.2) is 5.13 Å². The first kappa shape index (κ1) is 13.5. The highest BCUT2D eigenvalue weighted by atomic mass is 32.1. The molecule has 0 saturated carbocycles. The number of pyridine rings is 1. The van der Waals surface area contributed by atoms with E-state index in [1.165, 1.54) is 12.7 Å². The summed E-state index contributed by atoms with van der Waals surface area (Å²) in [5.41, 5.74) is 2.59. The van der Waals surface area contributed by atoms with Crippen molar-refractivity contribution in [1.82, 2.24) is 9.97 Å². The van der Waals surface area contributed by atoms with Crippen LogP contribution in [0.5, 0.6) is 0 Å². The van der Waals surface area contributed by atoms with Crippen LogP contribution >= 0.6 is 11.3 Å². The van der Waals surface area contributed by atoms with Crippen LogP contribution < -0.4 is 5.32 Å². The number of hydrogen-bond donors (Lipinski definition) is 1. The molecular weight excluding hydrogens is 286 g/mol. The minimum absolute atomic E-state index is 0.389. The number of anilines is 2. The molecule has 6 heteroatoms. The van der Waals surface area contributed by atoms with E-state index >= 15 is 0 Å². The normalized spacial score (nSPS) is 10.6. The zero-order chi connectivity index (χ0) is 14.8. The summed E-state index contributed by atoms with van der Waals surface area (Å²) in [5, 5.41) is 3.86. The van der Waals surface area contributed by atoms with Crippen molar-refractivity contribution in [3.8, 4) is 0 Å². The van der Waals surface area contributed by atoms with Gasteiger partial charge in [-0.25, -0.2) is 14.8 Å². The highest BCUT2D eigenvalue weighted by Gasteiger charge is 2.08. The highest BCUT2D eigenvalue weighted by Crippen LogP contribution is 2.28. The molecule has 0 bridgehead atoms. The zero-order valence-corrected chi connectivity index (χ0v) is 12.4. The van der Waals surface area contributed by atoms with Gasteiger partial charge in [0.2, 0.25) is 0 Å². The average molecular weight is 299 g/mol. The number of carbonyl (C=O) groups is 1. The molecule has 1 N–H and O–H groups in total. The van der Waals surface area contributed by atoms with E-state index in [9.17, 15) is 4.79 Å². The molecule has 2 heterocycles. The number of nitrogens with zero attached hydrogens (tertiary/aromatic N) is 2. The van der Waals surface area contributed by atoms with E-state index in [1.807, 2.05) is 19.1 Å². The van der Waals surface area contributed by atoms with Gasteiger partial charge in [-0.05, 0) is 36.8 Å². The number of carbonyl (C=O) groups excluding carboxylic acids is 1. The van der Waals surface area contributed by atoms with Gasteiger partial charge in [-0.1, -0.05) is 17.4 Å². The third-order valence-electron chi connectivity index (χ3n) is 2.96. The number of ether oxygens (including phenoxy) is 1. The largest absolute Gasteiger partial charge is 0.465 e. The van der Waals surface area contributed by atoms with Gasteiger partial charge in [0.1, 0.15) is 5.82 Å². The fraction of sp³-hybridized carbons (Fsp3) is 0.133. The van der Waals surface area contributed by atoms with E-state index in [2.05, 4.69) is 21.4 Å². The molecule has 21 heavy (non-hydrogen) atoms. The van der Waals surface area contributed by atoms with Crippen LogP contribution in [-0.4, -0.2) is 23.0 Å². The summed E-state index contributed by atoms with van der Waals surface area (Å²) < 4.78 is 5.81. The Labute approximate surface area is 125 Å². The van der Waals surface area contributed by atoms with Crippen LogP contribution in [0.3, 0.4) is 0 Å². The molecule has 3 aromatic rings. The molecule has 0 radical (unpaired) electrons. The van der Waals surface area contributed by atoms with E-state index in [-0.39, 0.29) is 5.97 Å². The van der Waals surface area contributed by atoms with Crippen LogP contribution in [-0.2, 0) is 4.74 Å². The van der Waals surface area contributed by atoms with Gasteiger partial charge in [0, 0.05) is 6.20 Å². The first-order valence-corrected chi connectivity index (χ1v) is 7.16. The monoisotopic (exact) mass is 299 g/mol. The Hall–Kier alpha value is -2.47. The van der Waals surface area contributed by atoms with Crippen molar-refractivity contribution in [3.63, 3.8) is 0 Å². The second-order valence-corrected chi connectivity index (χ2v) is 5.57. The van der Waals surface area contributed by atoms with Gasteiger partial charge < -0.3 is 10.1 Å².